The Morgan fingerprint density at radius 3 is 2.38 bits per heavy atom. The maximum atomic E-state index is 13.7. The predicted octanol–water partition coefficient (Wildman–Crippen LogP) is 3.92. The SMILES string of the molecule is C=CC.CC1=CC(c2c(O)cc(C)c(F)c2O)CCC1O. The van der Waals surface area contributed by atoms with Crippen molar-refractivity contribution >= 4 is 0 Å². The normalized spacial score (nSPS) is 21.1. The van der Waals surface area contributed by atoms with E-state index in [4.69, 9.17) is 0 Å². The fourth-order valence-electron chi connectivity index (χ4n) is 2.44. The van der Waals surface area contributed by atoms with Crippen molar-refractivity contribution in [3.05, 3.63) is 47.3 Å². The smallest absolute Gasteiger partial charge is 0.168 e. The van der Waals surface area contributed by atoms with Crippen LogP contribution in [0.1, 0.15) is 43.7 Å². The number of aliphatic hydroxyl groups excluding tert-OH is 1. The van der Waals surface area contributed by atoms with Crippen molar-refractivity contribution < 1.29 is 19.7 Å². The van der Waals surface area contributed by atoms with Gasteiger partial charge in [-0.1, -0.05) is 12.2 Å². The highest BCUT2D eigenvalue weighted by Gasteiger charge is 2.26. The van der Waals surface area contributed by atoms with Gasteiger partial charge >= 0.3 is 0 Å². The second-order valence-corrected chi connectivity index (χ2v) is 5.31. The van der Waals surface area contributed by atoms with Crippen LogP contribution in [0, 0.1) is 12.7 Å². The Balaban J connectivity index is 0.000000677. The first-order chi connectivity index (χ1) is 9.83. The molecule has 1 aromatic rings. The lowest BCUT2D eigenvalue weighted by molar-refractivity contribution is 0.187. The molecule has 2 atom stereocenters. The van der Waals surface area contributed by atoms with Crippen molar-refractivity contribution in [1.29, 1.82) is 0 Å². The van der Waals surface area contributed by atoms with Crippen LogP contribution in [0.25, 0.3) is 0 Å². The highest BCUT2D eigenvalue weighted by Crippen LogP contribution is 2.42. The topological polar surface area (TPSA) is 60.7 Å². The number of aryl methyl sites for hydroxylation is 1. The summed E-state index contributed by atoms with van der Waals surface area (Å²) in [4.78, 5) is 0. The van der Waals surface area contributed by atoms with Crippen molar-refractivity contribution in [2.45, 2.75) is 45.6 Å². The van der Waals surface area contributed by atoms with Gasteiger partial charge in [0, 0.05) is 11.5 Å². The zero-order chi connectivity index (χ0) is 16.2. The minimum Gasteiger partial charge on any atom is -0.507 e. The number of aromatic hydroxyl groups is 2. The number of halogens is 1. The fourth-order valence-corrected chi connectivity index (χ4v) is 2.44. The minimum atomic E-state index is -0.694. The van der Waals surface area contributed by atoms with Gasteiger partial charge < -0.3 is 15.3 Å². The summed E-state index contributed by atoms with van der Waals surface area (Å²) in [5, 5.41) is 29.3. The predicted molar refractivity (Wildman–Crippen MR) is 82.1 cm³/mol. The maximum absolute atomic E-state index is 13.7. The quantitative estimate of drug-likeness (QED) is 0.688. The Morgan fingerprint density at radius 2 is 1.86 bits per heavy atom. The summed E-state index contributed by atoms with van der Waals surface area (Å²) in [5.74, 6) is -1.54. The number of phenols is 2. The number of benzene rings is 1. The molecule has 0 saturated heterocycles. The summed E-state index contributed by atoms with van der Waals surface area (Å²) in [7, 11) is 0. The first kappa shape index (κ1) is 17.2. The van der Waals surface area contributed by atoms with Crippen LogP contribution in [0.5, 0.6) is 11.5 Å². The molecular formula is C17H23FO3. The van der Waals surface area contributed by atoms with Gasteiger partial charge in [-0.05, 0) is 50.8 Å². The molecule has 2 rings (SSSR count). The van der Waals surface area contributed by atoms with E-state index in [-0.39, 0.29) is 22.8 Å². The summed E-state index contributed by atoms with van der Waals surface area (Å²) in [5.41, 5.74) is 1.21. The van der Waals surface area contributed by atoms with Crippen molar-refractivity contribution in [2.75, 3.05) is 0 Å². The van der Waals surface area contributed by atoms with Crippen LogP contribution in [-0.4, -0.2) is 21.4 Å². The molecule has 3 nitrogen and oxygen atoms in total. The van der Waals surface area contributed by atoms with E-state index in [0.717, 1.165) is 5.57 Å². The molecule has 0 spiro atoms. The number of allylic oxidation sites excluding steroid dienone is 2. The van der Waals surface area contributed by atoms with Crippen LogP contribution in [0.3, 0.4) is 0 Å². The summed E-state index contributed by atoms with van der Waals surface area (Å²) in [6.07, 6.45) is 4.15. The van der Waals surface area contributed by atoms with E-state index in [0.29, 0.717) is 12.8 Å². The minimum absolute atomic E-state index is 0.100. The summed E-state index contributed by atoms with van der Waals surface area (Å²) in [6.45, 7) is 8.53. The average molecular weight is 294 g/mol. The first-order valence-corrected chi connectivity index (χ1v) is 6.97. The molecular weight excluding hydrogens is 271 g/mol. The maximum Gasteiger partial charge on any atom is 0.168 e. The molecule has 21 heavy (non-hydrogen) atoms. The van der Waals surface area contributed by atoms with Crippen molar-refractivity contribution in [1.82, 2.24) is 0 Å². The molecule has 4 heteroatoms. The first-order valence-electron chi connectivity index (χ1n) is 6.97. The van der Waals surface area contributed by atoms with E-state index in [1.807, 2.05) is 6.92 Å². The average Bonchev–Trinajstić information content (AvgIpc) is 2.41. The molecule has 1 aliphatic carbocycles. The molecule has 116 valence electrons. The van der Waals surface area contributed by atoms with Gasteiger partial charge in [0.2, 0.25) is 0 Å². The van der Waals surface area contributed by atoms with Gasteiger partial charge in [-0.25, -0.2) is 4.39 Å². The summed E-state index contributed by atoms with van der Waals surface area (Å²) in [6, 6.07) is 1.32. The van der Waals surface area contributed by atoms with Crippen LogP contribution >= 0.6 is 0 Å². The second kappa shape index (κ2) is 7.27. The highest BCUT2D eigenvalue weighted by molar-refractivity contribution is 5.51. The molecule has 0 bridgehead atoms. The van der Waals surface area contributed by atoms with E-state index in [2.05, 4.69) is 6.58 Å². The Bertz CT molecular complexity index is 549. The van der Waals surface area contributed by atoms with Crippen LogP contribution in [0.15, 0.2) is 30.4 Å². The molecule has 0 radical (unpaired) electrons. The van der Waals surface area contributed by atoms with E-state index in [9.17, 15) is 19.7 Å². The monoisotopic (exact) mass is 294 g/mol. The van der Waals surface area contributed by atoms with Gasteiger partial charge in [0.1, 0.15) is 5.75 Å². The van der Waals surface area contributed by atoms with Gasteiger partial charge in [-0.3, -0.25) is 0 Å². The van der Waals surface area contributed by atoms with E-state index < -0.39 is 17.7 Å². The Labute approximate surface area is 125 Å². The number of aliphatic hydroxyl groups is 1. The van der Waals surface area contributed by atoms with E-state index in [1.165, 1.54) is 13.0 Å². The van der Waals surface area contributed by atoms with Crippen LogP contribution in [0.4, 0.5) is 4.39 Å². The van der Waals surface area contributed by atoms with Gasteiger partial charge in [0.05, 0.1) is 6.10 Å². The number of hydrogen-bond acceptors (Lipinski definition) is 3. The van der Waals surface area contributed by atoms with Crippen LogP contribution < -0.4 is 0 Å². The van der Waals surface area contributed by atoms with E-state index in [1.54, 1.807) is 19.1 Å². The molecule has 0 aromatic heterocycles. The van der Waals surface area contributed by atoms with Gasteiger partial charge in [0.25, 0.3) is 0 Å². The Morgan fingerprint density at radius 1 is 1.29 bits per heavy atom. The van der Waals surface area contributed by atoms with Gasteiger partial charge in [-0.2, -0.15) is 0 Å². The number of hydrogen-bond donors (Lipinski definition) is 3. The van der Waals surface area contributed by atoms with E-state index >= 15 is 0 Å². The van der Waals surface area contributed by atoms with Crippen LogP contribution in [0.2, 0.25) is 0 Å². The molecule has 0 fully saturated rings. The largest absolute Gasteiger partial charge is 0.507 e. The standard InChI is InChI=1S/C14H17FO3.C3H6/c1-7-5-9(3-4-10(7)16)12-11(17)6-8(2)13(15)14(12)18;1-3-2/h5-6,9-10,16-18H,3-4H2,1-2H3;3H,1H2,2H3. The van der Waals surface area contributed by atoms with Crippen molar-refractivity contribution in [3.8, 4) is 11.5 Å². The molecule has 0 saturated carbocycles. The zero-order valence-electron chi connectivity index (χ0n) is 12.7. The molecule has 0 amide bonds. The van der Waals surface area contributed by atoms with Gasteiger partial charge in [0.15, 0.2) is 11.6 Å². The summed E-state index contributed by atoms with van der Waals surface area (Å²) >= 11 is 0. The fraction of sp³-hybridized carbons (Fsp3) is 0.412. The lowest BCUT2D eigenvalue weighted by Gasteiger charge is -2.25. The Hall–Kier alpha value is -1.81. The lowest BCUT2D eigenvalue weighted by atomic mass is 9.83. The highest BCUT2D eigenvalue weighted by atomic mass is 19.1. The molecule has 0 aliphatic heterocycles. The van der Waals surface area contributed by atoms with Crippen molar-refractivity contribution in [2.24, 2.45) is 0 Å². The van der Waals surface area contributed by atoms with Gasteiger partial charge in [-0.15, -0.1) is 6.58 Å². The third-order valence-electron chi connectivity index (χ3n) is 3.55. The molecule has 2 unspecified atom stereocenters. The third-order valence-corrected chi connectivity index (χ3v) is 3.55. The Kier molecular flexibility index (Phi) is 5.97. The zero-order valence-corrected chi connectivity index (χ0v) is 12.7. The molecule has 3 N–H and O–H groups in total. The third kappa shape index (κ3) is 3.85. The lowest BCUT2D eigenvalue weighted by Crippen LogP contribution is -2.16. The number of phenolic OH excluding ortho intramolecular Hbond substituents is 2. The second-order valence-electron chi connectivity index (χ2n) is 5.31. The molecule has 1 aromatic carbocycles. The molecule has 1 aliphatic rings. The van der Waals surface area contributed by atoms with Crippen molar-refractivity contribution in [3.63, 3.8) is 0 Å². The number of rotatable bonds is 1. The molecule has 0 heterocycles. The summed E-state index contributed by atoms with van der Waals surface area (Å²) < 4.78 is 13.7. The van der Waals surface area contributed by atoms with Crippen LogP contribution in [-0.2, 0) is 0 Å².